The van der Waals surface area contributed by atoms with Gasteiger partial charge < -0.3 is 5.11 Å². The lowest BCUT2D eigenvalue weighted by molar-refractivity contribution is -0.183. The Morgan fingerprint density at radius 2 is 1.56 bits per heavy atom. The van der Waals surface area contributed by atoms with Gasteiger partial charge in [-0.25, -0.2) is 4.39 Å². The number of aliphatic hydroxyl groups excluding tert-OH is 1. The summed E-state index contributed by atoms with van der Waals surface area (Å²) in [7, 11) is 0. The zero-order valence-electron chi connectivity index (χ0n) is 18.4. The largest absolute Gasteiger partial charge is 0.400 e. The number of hydrogen-bond acceptors (Lipinski definition) is 3. The maximum atomic E-state index is 15.3. The Balaban J connectivity index is 1.55. The van der Waals surface area contributed by atoms with Crippen LogP contribution in [0.2, 0.25) is 15.1 Å². The minimum absolute atomic E-state index is 0.00485. The first-order valence-electron chi connectivity index (χ1n) is 10.7. The van der Waals surface area contributed by atoms with Gasteiger partial charge in [-0.1, -0.05) is 72.9 Å². The molecule has 184 valence electrons. The molecule has 0 aromatic heterocycles. The second-order valence-corrected chi connectivity index (χ2v) is 10.6. The van der Waals surface area contributed by atoms with E-state index in [1.807, 2.05) is 13.8 Å². The van der Waals surface area contributed by atoms with E-state index in [4.69, 9.17) is 34.8 Å². The Kier molecular flexibility index (Phi) is 6.75. The Morgan fingerprint density at radius 3 is 2.06 bits per heavy atom. The van der Waals surface area contributed by atoms with Gasteiger partial charge in [0.05, 0.1) is 21.6 Å². The molecule has 0 saturated carbocycles. The van der Waals surface area contributed by atoms with Crippen LogP contribution in [-0.2, 0) is 11.1 Å². The van der Waals surface area contributed by atoms with E-state index in [2.05, 4.69) is 4.99 Å². The third kappa shape index (κ3) is 4.35. The van der Waals surface area contributed by atoms with Crippen LogP contribution in [0.5, 0.6) is 0 Å². The van der Waals surface area contributed by atoms with Gasteiger partial charge >= 0.3 is 6.18 Å². The van der Waals surface area contributed by atoms with Crippen LogP contribution in [0.25, 0.3) is 0 Å². The van der Waals surface area contributed by atoms with Crippen molar-refractivity contribution in [3.05, 3.63) is 68.2 Å². The first kappa shape index (κ1) is 25.7. The van der Waals surface area contributed by atoms with E-state index in [9.17, 15) is 18.3 Å². The third-order valence-corrected chi connectivity index (χ3v) is 7.90. The van der Waals surface area contributed by atoms with E-state index in [-0.39, 0.29) is 45.4 Å². The second-order valence-electron chi connectivity index (χ2n) is 9.38. The van der Waals surface area contributed by atoms with E-state index in [0.717, 1.165) is 0 Å². The van der Waals surface area contributed by atoms with Crippen LogP contribution in [0.4, 0.5) is 17.6 Å². The molecule has 2 aromatic carbocycles. The fourth-order valence-electron chi connectivity index (χ4n) is 4.55. The number of hydrogen-bond donors (Lipinski definition) is 1. The highest BCUT2D eigenvalue weighted by molar-refractivity contribution is 6.48. The molecule has 1 fully saturated rings. The van der Waals surface area contributed by atoms with Crippen molar-refractivity contribution < 1.29 is 22.7 Å². The highest BCUT2D eigenvalue weighted by atomic mass is 35.5. The topological polar surface area (TPSA) is 35.8 Å². The van der Waals surface area contributed by atoms with Gasteiger partial charge in [0.1, 0.15) is 11.6 Å². The minimum atomic E-state index is -4.62. The third-order valence-electron chi connectivity index (χ3n) is 6.70. The minimum Gasteiger partial charge on any atom is -0.378 e. The molecule has 34 heavy (non-hydrogen) atoms. The molecule has 2 unspecified atom stereocenters. The number of aliphatic hydroxyl groups is 1. The van der Waals surface area contributed by atoms with Gasteiger partial charge in [-0.15, -0.1) is 0 Å². The van der Waals surface area contributed by atoms with Crippen molar-refractivity contribution in [1.29, 1.82) is 0 Å². The number of benzene rings is 2. The summed E-state index contributed by atoms with van der Waals surface area (Å²) < 4.78 is 58.2. The van der Waals surface area contributed by atoms with Gasteiger partial charge in [-0.05, 0) is 34.7 Å². The van der Waals surface area contributed by atoms with Crippen LogP contribution in [-0.4, -0.2) is 47.8 Å². The van der Waals surface area contributed by atoms with Crippen molar-refractivity contribution in [2.24, 2.45) is 10.9 Å². The van der Waals surface area contributed by atoms with Crippen molar-refractivity contribution in [3.63, 3.8) is 0 Å². The summed E-state index contributed by atoms with van der Waals surface area (Å²) in [5, 5.41) is 9.98. The monoisotopic (exact) mass is 536 g/mol. The van der Waals surface area contributed by atoms with E-state index in [1.165, 1.54) is 12.1 Å². The molecule has 10 heteroatoms. The number of rotatable bonds is 5. The van der Waals surface area contributed by atoms with Crippen LogP contribution >= 0.6 is 34.8 Å². The lowest BCUT2D eigenvalue weighted by atomic mass is 9.76. The van der Waals surface area contributed by atoms with E-state index in [0.29, 0.717) is 11.1 Å². The second kappa shape index (κ2) is 8.93. The summed E-state index contributed by atoms with van der Waals surface area (Å²) in [6.07, 6.45) is -5.74. The molecule has 0 amide bonds. The predicted molar refractivity (Wildman–Crippen MR) is 127 cm³/mol. The zero-order chi connectivity index (χ0) is 25.1. The number of alkyl halides is 4. The average Bonchev–Trinajstić information content (AvgIpc) is 3.21. The average molecular weight is 538 g/mol. The Morgan fingerprint density at radius 1 is 1.00 bits per heavy atom. The van der Waals surface area contributed by atoms with Crippen LogP contribution in [0.15, 0.2) is 41.4 Å². The lowest BCUT2D eigenvalue weighted by Crippen LogP contribution is -2.61. The van der Waals surface area contributed by atoms with Crippen molar-refractivity contribution in [1.82, 2.24) is 4.90 Å². The first-order valence-corrected chi connectivity index (χ1v) is 11.9. The molecule has 2 aromatic rings. The standard InChI is InChI=1S/C24H23Cl3F4N2O/c1-13(2)21(34)33-11-23(28,12-33)15-5-3-14(4-6-15)19-9-22(10-32-19,24(29,30)31)16-7-17(25)20(27)18(26)8-16/h3-8,13,21,34H,9-12H2,1-2H3. The number of halogens is 7. The SMILES string of the molecule is CC(C)C(O)N1CC(F)(c2ccc(C3=NCC(c4cc(Cl)c(Cl)c(Cl)c4)(C(F)(F)F)C3)cc2)C1. The van der Waals surface area contributed by atoms with E-state index >= 15 is 4.39 Å². The van der Waals surface area contributed by atoms with Gasteiger partial charge in [0.2, 0.25) is 0 Å². The summed E-state index contributed by atoms with van der Waals surface area (Å²) >= 11 is 18.0. The quantitative estimate of drug-likeness (QED) is 0.337. The molecule has 0 radical (unpaired) electrons. The molecule has 0 aliphatic carbocycles. The Hall–Kier alpha value is -1.38. The lowest BCUT2D eigenvalue weighted by Gasteiger charge is -2.48. The first-order chi connectivity index (χ1) is 15.8. The van der Waals surface area contributed by atoms with Crippen LogP contribution in [0.3, 0.4) is 0 Å². The number of nitrogens with zero attached hydrogens (tertiary/aromatic N) is 2. The number of likely N-dealkylation sites (tertiary alicyclic amines) is 1. The normalized spacial score (nSPS) is 23.7. The summed E-state index contributed by atoms with van der Waals surface area (Å²) in [6.45, 7) is 3.31. The molecule has 2 aliphatic heterocycles. The van der Waals surface area contributed by atoms with Gasteiger partial charge in [0.25, 0.3) is 0 Å². The van der Waals surface area contributed by atoms with Crippen LogP contribution < -0.4 is 0 Å². The van der Waals surface area contributed by atoms with Gasteiger partial charge in [-0.3, -0.25) is 9.89 Å². The molecule has 2 heterocycles. The highest BCUT2D eigenvalue weighted by Gasteiger charge is 2.58. The summed E-state index contributed by atoms with van der Waals surface area (Å²) in [6, 6.07) is 8.69. The summed E-state index contributed by atoms with van der Waals surface area (Å²) in [5.41, 5.74) is -2.83. The smallest absolute Gasteiger partial charge is 0.378 e. The Labute approximate surface area is 210 Å². The molecule has 2 aliphatic rings. The van der Waals surface area contributed by atoms with E-state index in [1.54, 1.807) is 29.2 Å². The van der Waals surface area contributed by atoms with E-state index < -0.39 is 36.5 Å². The summed E-state index contributed by atoms with van der Waals surface area (Å²) in [5.74, 6) is -0.0217. The molecule has 1 N–H and O–H groups in total. The van der Waals surface area contributed by atoms with Crippen molar-refractivity contribution in [3.8, 4) is 0 Å². The molecule has 1 saturated heterocycles. The molecular weight excluding hydrogens is 515 g/mol. The van der Waals surface area contributed by atoms with Gasteiger partial charge in [-0.2, -0.15) is 13.2 Å². The van der Waals surface area contributed by atoms with Crippen LogP contribution in [0.1, 0.15) is 37.0 Å². The van der Waals surface area contributed by atoms with Gasteiger partial charge in [0, 0.05) is 25.2 Å². The predicted octanol–water partition coefficient (Wildman–Crippen LogP) is 6.79. The van der Waals surface area contributed by atoms with Gasteiger partial charge in [0.15, 0.2) is 5.67 Å². The molecule has 0 spiro atoms. The van der Waals surface area contributed by atoms with Crippen molar-refractivity contribution in [2.75, 3.05) is 19.6 Å². The highest BCUT2D eigenvalue weighted by Crippen LogP contribution is 2.50. The maximum Gasteiger partial charge on any atom is 0.400 e. The molecule has 0 bridgehead atoms. The fourth-order valence-corrected chi connectivity index (χ4v) is 5.15. The molecular formula is C24H23Cl3F4N2O. The zero-order valence-corrected chi connectivity index (χ0v) is 20.7. The van der Waals surface area contributed by atoms with Crippen LogP contribution in [0, 0.1) is 5.92 Å². The Bertz CT molecular complexity index is 1090. The molecule has 2 atom stereocenters. The van der Waals surface area contributed by atoms with Crippen molar-refractivity contribution in [2.45, 2.75) is 43.8 Å². The van der Waals surface area contributed by atoms with Crippen molar-refractivity contribution >= 4 is 40.5 Å². The maximum absolute atomic E-state index is 15.3. The molecule has 4 rings (SSSR count). The number of aliphatic imine (C=N–C) groups is 1. The fraction of sp³-hybridized carbons (Fsp3) is 0.458. The molecule has 3 nitrogen and oxygen atoms in total. The summed E-state index contributed by atoms with van der Waals surface area (Å²) in [4.78, 5) is 5.86.